The van der Waals surface area contributed by atoms with E-state index in [9.17, 15) is 18.4 Å². The molecule has 1 unspecified atom stereocenters. The summed E-state index contributed by atoms with van der Waals surface area (Å²) in [5, 5.41) is 9.64. The first-order chi connectivity index (χ1) is 16.9. The van der Waals surface area contributed by atoms with Gasteiger partial charge in [0.1, 0.15) is 11.5 Å². The molecule has 2 N–H and O–H groups in total. The predicted octanol–water partition coefficient (Wildman–Crippen LogP) is 2.25. The van der Waals surface area contributed by atoms with Crippen LogP contribution in [0.1, 0.15) is 42.0 Å². The zero-order chi connectivity index (χ0) is 24.6. The Balaban J connectivity index is 1.24. The maximum Gasteiger partial charge on any atom is 0.272 e. The van der Waals surface area contributed by atoms with Crippen LogP contribution in [-0.2, 0) is 11.3 Å². The van der Waals surface area contributed by atoms with E-state index in [1.54, 1.807) is 4.90 Å². The molecule has 4 heterocycles. The zero-order valence-corrected chi connectivity index (χ0v) is 18.9. The number of nitrogens with one attached hydrogen (secondary N) is 2. The molecule has 12 heteroatoms. The molecule has 1 aliphatic heterocycles. The number of hydrogen-bond acceptors (Lipinski definition) is 7. The molecule has 1 spiro atoms. The molecule has 10 nitrogen and oxygen atoms in total. The van der Waals surface area contributed by atoms with E-state index in [0.717, 1.165) is 31.4 Å². The number of methoxy groups -OCH3 is 1. The number of hydrogen-bond donors (Lipinski definition) is 2. The lowest BCUT2D eigenvalue weighted by Crippen LogP contribution is -2.50. The van der Waals surface area contributed by atoms with Crippen LogP contribution in [0.4, 0.5) is 8.78 Å². The molecule has 2 fully saturated rings. The van der Waals surface area contributed by atoms with E-state index in [-0.39, 0.29) is 52.6 Å². The van der Waals surface area contributed by atoms with E-state index >= 15 is 0 Å². The van der Waals surface area contributed by atoms with Crippen molar-refractivity contribution in [2.24, 2.45) is 5.92 Å². The molecule has 0 aromatic carbocycles. The molecular formula is C23H23F2N7O3. The van der Waals surface area contributed by atoms with Crippen molar-refractivity contribution in [2.45, 2.75) is 37.8 Å². The molecule has 1 saturated carbocycles. The second-order valence-electron chi connectivity index (χ2n) is 8.78. The molecule has 2 aliphatic rings. The number of H-pyrrole nitrogens is 1. The lowest BCUT2D eigenvalue weighted by Gasteiger charge is -2.39. The Morgan fingerprint density at radius 1 is 1.20 bits per heavy atom. The van der Waals surface area contributed by atoms with Gasteiger partial charge in [0.2, 0.25) is 11.8 Å². The summed E-state index contributed by atoms with van der Waals surface area (Å²) in [6.07, 6.45) is 5.81. The zero-order valence-electron chi connectivity index (χ0n) is 18.9. The number of carbonyl (C=O) groups excluding carboxylic acids is 2. The highest BCUT2D eigenvalue weighted by molar-refractivity contribution is 5.94. The molecule has 1 aliphatic carbocycles. The third-order valence-corrected chi connectivity index (χ3v) is 6.56. The number of aromatic nitrogens is 5. The van der Waals surface area contributed by atoms with Gasteiger partial charge in [0.05, 0.1) is 37.9 Å². The lowest BCUT2D eigenvalue weighted by atomic mass is 9.88. The molecule has 3 aromatic rings. The largest absolute Gasteiger partial charge is 0.481 e. The second-order valence-corrected chi connectivity index (χ2v) is 8.78. The molecule has 5 rings (SSSR count). The Hall–Kier alpha value is -3.96. The van der Waals surface area contributed by atoms with E-state index in [4.69, 9.17) is 4.74 Å². The molecule has 1 atom stereocenters. The monoisotopic (exact) mass is 483 g/mol. The van der Waals surface area contributed by atoms with Crippen molar-refractivity contribution in [3.8, 4) is 17.1 Å². The van der Waals surface area contributed by atoms with Crippen LogP contribution in [0.3, 0.4) is 0 Å². The second kappa shape index (κ2) is 9.01. The Bertz CT molecular complexity index is 1260. The minimum Gasteiger partial charge on any atom is -0.481 e. The normalized spacial score (nSPS) is 18.4. The van der Waals surface area contributed by atoms with Gasteiger partial charge in [0.25, 0.3) is 5.91 Å². The molecule has 0 radical (unpaired) electrons. The van der Waals surface area contributed by atoms with Crippen molar-refractivity contribution in [2.75, 3.05) is 13.7 Å². The minimum absolute atomic E-state index is 0.110. The van der Waals surface area contributed by atoms with Crippen LogP contribution in [0.15, 0.2) is 30.7 Å². The first-order valence-electron chi connectivity index (χ1n) is 11.2. The summed E-state index contributed by atoms with van der Waals surface area (Å²) in [6.45, 7) is 0.522. The van der Waals surface area contributed by atoms with E-state index in [1.807, 2.05) is 0 Å². The summed E-state index contributed by atoms with van der Waals surface area (Å²) in [6, 6.07) is 2.93. The number of nitrogens with zero attached hydrogens (tertiary/aromatic N) is 5. The number of halogens is 2. The SMILES string of the molecule is COc1cc(-c2cc(C(=O)N3CCC(C(=O)NCc4ncc(F)cn4)CC34CC4)[nH]n2)c(F)cn1. The first-order valence-corrected chi connectivity index (χ1v) is 11.2. The average molecular weight is 483 g/mol. The van der Waals surface area contributed by atoms with Crippen molar-refractivity contribution in [1.29, 1.82) is 0 Å². The highest BCUT2D eigenvalue weighted by Gasteiger charge is 2.54. The van der Waals surface area contributed by atoms with Gasteiger partial charge in [-0.25, -0.2) is 23.7 Å². The molecular weight excluding hydrogens is 460 g/mol. The third kappa shape index (κ3) is 4.55. The van der Waals surface area contributed by atoms with Crippen LogP contribution in [0.2, 0.25) is 0 Å². The van der Waals surface area contributed by atoms with Crippen molar-refractivity contribution in [3.05, 3.63) is 53.9 Å². The van der Waals surface area contributed by atoms with Gasteiger partial charge in [-0.1, -0.05) is 0 Å². The number of likely N-dealkylation sites (tertiary alicyclic amines) is 1. The number of carbonyl (C=O) groups is 2. The fraction of sp³-hybridized carbons (Fsp3) is 0.391. The summed E-state index contributed by atoms with van der Waals surface area (Å²) in [7, 11) is 1.43. The van der Waals surface area contributed by atoms with Crippen LogP contribution >= 0.6 is 0 Å². The van der Waals surface area contributed by atoms with Gasteiger partial charge in [0.15, 0.2) is 11.6 Å². The topological polar surface area (TPSA) is 126 Å². The number of piperidine rings is 1. The highest BCUT2D eigenvalue weighted by atomic mass is 19.1. The van der Waals surface area contributed by atoms with Crippen molar-refractivity contribution >= 4 is 11.8 Å². The fourth-order valence-electron chi connectivity index (χ4n) is 4.54. The van der Waals surface area contributed by atoms with Gasteiger partial charge in [-0.2, -0.15) is 5.10 Å². The van der Waals surface area contributed by atoms with E-state index in [2.05, 4.69) is 30.5 Å². The number of amides is 2. The van der Waals surface area contributed by atoms with Crippen molar-refractivity contribution in [3.63, 3.8) is 0 Å². The molecule has 1 saturated heterocycles. The number of ether oxygens (including phenoxy) is 1. The summed E-state index contributed by atoms with van der Waals surface area (Å²) in [5.41, 5.74) is 0.320. The highest BCUT2D eigenvalue weighted by Crippen LogP contribution is 2.50. The maximum atomic E-state index is 14.3. The fourth-order valence-corrected chi connectivity index (χ4v) is 4.54. The number of aromatic amines is 1. The van der Waals surface area contributed by atoms with Crippen LogP contribution in [0.5, 0.6) is 5.88 Å². The van der Waals surface area contributed by atoms with Gasteiger partial charge in [-0.3, -0.25) is 14.7 Å². The van der Waals surface area contributed by atoms with Gasteiger partial charge >= 0.3 is 0 Å². The number of pyridine rings is 1. The molecule has 182 valence electrons. The molecule has 2 amide bonds. The average Bonchev–Trinajstić information content (AvgIpc) is 3.44. The lowest BCUT2D eigenvalue weighted by molar-refractivity contribution is -0.127. The van der Waals surface area contributed by atoms with Gasteiger partial charge in [-0.15, -0.1) is 0 Å². The Kier molecular flexibility index (Phi) is 5.87. The maximum absolute atomic E-state index is 14.3. The van der Waals surface area contributed by atoms with Gasteiger partial charge in [0, 0.05) is 29.6 Å². The Morgan fingerprint density at radius 3 is 2.69 bits per heavy atom. The quantitative estimate of drug-likeness (QED) is 0.551. The summed E-state index contributed by atoms with van der Waals surface area (Å²) >= 11 is 0. The van der Waals surface area contributed by atoms with E-state index < -0.39 is 11.6 Å². The first kappa shape index (κ1) is 22.8. The minimum atomic E-state index is -0.576. The van der Waals surface area contributed by atoms with Crippen LogP contribution in [0, 0.1) is 17.6 Å². The van der Waals surface area contributed by atoms with Gasteiger partial charge in [-0.05, 0) is 31.7 Å². The number of rotatable bonds is 6. The van der Waals surface area contributed by atoms with Gasteiger partial charge < -0.3 is 15.0 Å². The summed E-state index contributed by atoms with van der Waals surface area (Å²) < 4.78 is 32.3. The van der Waals surface area contributed by atoms with Crippen molar-refractivity contribution in [1.82, 2.24) is 35.4 Å². The molecule has 35 heavy (non-hydrogen) atoms. The van der Waals surface area contributed by atoms with Crippen LogP contribution in [0.25, 0.3) is 11.3 Å². The standard InChI is InChI=1S/C23H23F2N7O3/c1-35-20-6-15(16(25)11-28-20)17-7-18(31-30-17)22(34)32-5-2-13(8-23(32)3-4-23)21(33)29-12-19-26-9-14(24)10-27-19/h6-7,9-11,13H,2-5,8,12H2,1H3,(H,29,33)(H,30,31). The van der Waals surface area contributed by atoms with Crippen molar-refractivity contribution < 1.29 is 23.1 Å². The molecule has 0 bridgehead atoms. The third-order valence-electron chi connectivity index (χ3n) is 6.56. The Morgan fingerprint density at radius 2 is 1.97 bits per heavy atom. The van der Waals surface area contributed by atoms with E-state index in [0.29, 0.717) is 25.2 Å². The van der Waals surface area contributed by atoms with Crippen LogP contribution in [-0.4, -0.2) is 61.1 Å². The van der Waals surface area contributed by atoms with E-state index in [1.165, 1.54) is 19.2 Å². The summed E-state index contributed by atoms with van der Waals surface area (Å²) in [4.78, 5) is 39.3. The Labute approximate surface area is 199 Å². The summed E-state index contributed by atoms with van der Waals surface area (Å²) in [5.74, 6) is -1.18. The molecule has 3 aromatic heterocycles. The predicted molar refractivity (Wildman–Crippen MR) is 118 cm³/mol. The smallest absolute Gasteiger partial charge is 0.272 e. The van der Waals surface area contributed by atoms with Crippen LogP contribution < -0.4 is 10.1 Å².